The summed E-state index contributed by atoms with van der Waals surface area (Å²) in [6.07, 6.45) is 0. The van der Waals surface area contributed by atoms with E-state index in [-0.39, 0.29) is 0 Å². The van der Waals surface area contributed by atoms with Gasteiger partial charge in [0.05, 0.1) is 38.7 Å². The highest BCUT2D eigenvalue weighted by molar-refractivity contribution is 6.38. The molecule has 0 unspecified atom stereocenters. The molecular weight excluding hydrogens is 649 g/mol. The highest BCUT2D eigenvalue weighted by Gasteiger charge is 2.27. The van der Waals surface area contributed by atoms with Crippen LogP contribution in [-0.2, 0) is 0 Å². The first-order chi connectivity index (χ1) is 26.3. The lowest BCUT2D eigenvalue weighted by Crippen LogP contribution is -2.03. The Morgan fingerprint density at radius 2 is 1.09 bits per heavy atom. The third-order valence-electron chi connectivity index (χ3n) is 11.4. The molecule has 13 rings (SSSR count). The monoisotopic (exact) mass is 674 g/mol. The molecule has 0 bridgehead atoms. The average Bonchev–Trinajstić information content (AvgIpc) is 3.95. The SMILES string of the molecule is c1ccc2cc(-c3nc(-n4c5ccc6ccccc6c5c5c6c7ccccc7n7c8ccccc8c(cc54)c67)nc4oc5ccccc5c34)ccc2c1. The van der Waals surface area contributed by atoms with Crippen molar-refractivity contribution in [2.75, 3.05) is 0 Å². The van der Waals surface area contributed by atoms with Gasteiger partial charge in [-0.15, -0.1) is 0 Å². The molecule has 5 aromatic heterocycles. The van der Waals surface area contributed by atoms with Crippen molar-refractivity contribution >= 4 is 104 Å². The van der Waals surface area contributed by atoms with Gasteiger partial charge in [-0.1, -0.05) is 121 Å². The maximum atomic E-state index is 6.58. The Bertz CT molecular complexity index is 3700. The minimum atomic E-state index is 0.572. The number of rotatable bonds is 2. The van der Waals surface area contributed by atoms with Gasteiger partial charge >= 0.3 is 0 Å². The largest absolute Gasteiger partial charge is 0.437 e. The zero-order chi connectivity index (χ0) is 34.4. The zero-order valence-corrected chi connectivity index (χ0v) is 28.2. The molecule has 244 valence electrons. The second-order valence-corrected chi connectivity index (χ2v) is 14.1. The summed E-state index contributed by atoms with van der Waals surface area (Å²) in [5.41, 5.74) is 9.03. The quantitative estimate of drug-likeness (QED) is 0.183. The minimum Gasteiger partial charge on any atom is -0.437 e. The van der Waals surface area contributed by atoms with Crippen molar-refractivity contribution in [3.05, 3.63) is 158 Å². The number of fused-ring (bicyclic) bond motifs is 16. The molecule has 0 N–H and O–H groups in total. The summed E-state index contributed by atoms with van der Waals surface area (Å²) in [4.78, 5) is 10.9. The smallest absolute Gasteiger partial charge is 0.238 e. The molecule has 0 spiro atoms. The molecule has 0 fully saturated rings. The van der Waals surface area contributed by atoms with Crippen molar-refractivity contribution in [3.8, 4) is 17.2 Å². The molecule has 0 atom stereocenters. The lowest BCUT2D eigenvalue weighted by molar-refractivity contribution is 0.651. The molecule has 13 aromatic rings. The number of hydrogen-bond acceptors (Lipinski definition) is 3. The van der Waals surface area contributed by atoms with Gasteiger partial charge < -0.3 is 8.82 Å². The van der Waals surface area contributed by atoms with Crippen LogP contribution < -0.4 is 0 Å². The summed E-state index contributed by atoms with van der Waals surface area (Å²) in [6.45, 7) is 0. The number of aromatic nitrogens is 4. The Labute approximate surface area is 300 Å². The van der Waals surface area contributed by atoms with Crippen LogP contribution in [0.25, 0.3) is 121 Å². The maximum Gasteiger partial charge on any atom is 0.238 e. The number of nitrogens with zero attached hydrogens (tertiary/aromatic N) is 4. The van der Waals surface area contributed by atoms with Gasteiger partial charge in [0.1, 0.15) is 5.58 Å². The van der Waals surface area contributed by atoms with E-state index in [9.17, 15) is 0 Å². The van der Waals surface area contributed by atoms with E-state index in [1.165, 1.54) is 65.0 Å². The second kappa shape index (κ2) is 9.75. The van der Waals surface area contributed by atoms with Gasteiger partial charge in [0, 0.05) is 43.3 Å². The normalized spacial score (nSPS) is 12.5. The summed E-state index contributed by atoms with van der Waals surface area (Å²) < 4.78 is 11.3. The van der Waals surface area contributed by atoms with E-state index in [4.69, 9.17) is 14.4 Å². The summed E-state index contributed by atoms with van der Waals surface area (Å²) in [6, 6.07) is 56.4. The highest BCUT2D eigenvalue weighted by atomic mass is 16.3. The lowest BCUT2D eigenvalue weighted by atomic mass is 9.99. The third kappa shape index (κ3) is 3.46. The van der Waals surface area contributed by atoms with E-state index in [0.717, 1.165) is 44.0 Å². The summed E-state index contributed by atoms with van der Waals surface area (Å²) in [5, 5.41) is 14.0. The summed E-state index contributed by atoms with van der Waals surface area (Å²) >= 11 is 0. The van der Waals surface area contributed by atoms with Crippen molar-refractivity contribution < 1.29 is 4.42 Å². The fourth-order valence-electron chi connectivity index (χ4n) is 9.25. The molecule has 53 heavy (non-hydrogen) atoms. The van der Waals surface area contributed by atoms with Gasteiger partial charge in [0.2, 0.25) is 11.7 Å². The van der Waals surface area contributed by atoms with Crippen molar-refractivity contribution in [1.82, 2.24) is 18.9 Å². The molecule has 0 aliphatic rings. The summed E-state index contributed by atoms with van der Waals surface area (Å²) in [5.74, 6) is 0.580. The van der Waals surface area contributed by atoms with Crippen LogP contribution in [0, 0.1) is 0 Å². The van der Waals surface area contributed by atoms with Crippen LogP contribution in [0.15, 0.2) is 162 Å². The molecular formula is C48H26N4O. The van der Waals surface area contributed by atoms with Gasteiger partial charge in [-0.2, -0.15) is 4.98 Å². The first kappa shape index (κ1) is 27.5. The molecule has 0 saturated heterocycles. The molecule has 0 saturated carbocycles. The third-order valence-corrected chi connectivity index (χ3v) is 11.4. The van der Waals surface area contributed by atoms with E-state index < -0.39 is 0 Å². The van der Waals surface area contributed by atoms with E-state index in [0.29, 0.717) is 11.7 Å². The maximum absolute atomic E-state index is 6.58. The average molecular weight is 675 g/mol. The molecule has 0 aliphatic heterocycles. The molecule has 0 amide bonds. The van der Waals surface area contributed by atoms with Crippen LogP contribution in [0.5, 0.6) is 0 Å². The van der Waals surface area contributed by atoms with Crippen molar-refractivity contribution in [2.24, 2.45) is 0 Å². The first-order valence-corrected chi connectivity index (χ1v) is 18.0. The molecule has 0 radical (unpaired) electrons. The van der Waals surface area contributed by atoms with E-state index >= 15 is 0 Å². The van der Waals surface area contributed by atoms with Crippen molar-refractivity contribution in [3.63, 3.8) is 0 Å². The van der Waals surface area contributed by atoms with Crippen LogP contribution in [0.1, 0.15) is 0 Å². The van der Waals surface area contributed by atoms with Gasteiger partial charge in [-0.05, 0) is 57.9 Å². The number of furan rings is 1. The van der Waals surface area contributed by atoms with Crippen LogP contribution >= 0.6 is 0 Å². The predicted octanol–water partition coefficient (Wildman–Crippen LogP) is 12.6. The molecule has 5 heterocycles. The van der Waals surface area contributed by atoms with E-state index in [1.54, 1.807) is 0 Å². The second-order valence-electron chi connectivity index (χ2n) is 14.1. The number of para-hydroxylation sites is 3. The Morgan fingerprint density at radius 1 is 0.415 bits per heavy atom. The molecule has 5 heteroatoms. The number of benzene rings is 8. The van der Waals surface area contributed by atoms with Crippen LogP contribution in [0.4, 0.5) is 0 Å². The first-order valence-electron chi connectivity index (χ1n) is 18.0. The van der Waals surface area contributed by atoms with Gasteiger partial charge in [0.25, 0.3) is 0 Å². The van der Waals surface area contributed by atoms with Crippen molar-refractivity contribution in [2.45, 2.75) is 0 Å². The van der Waals surface area contributed by atoms with Crippen LogP contribution in [0.2, 0.25) is 0 Å². The molecule has 5 nitrogen and oxygen atoms in total. The standard InChI is InChI=1S/C48H26N4O/c1-2-13-29-25-30(22-21-27(29)11-1)45-43-34-17-7-10-20-40(34)53-47(43)50-48(49-45)52-38-24-23-28-12-3-4-14-31(28)41(38)44-39(52)26-35-32-15-5-8-18-36(32)51-37-19-9-6-16-33(37)42(44)46(35)51/h1-26H. The Balaban J connectivity index is 1.26. The Morgan fingerprint density at radius 3 is 1.96 bits per heavy atom. The van der Waals surface area contributed by atoms with E-state index in [2.05, 4.69) is 155 Å². The topological polar surface area (TPSA) is 48.3 Å². The van der Waals surface area contributed by atoms with Gasteiger partial charge in [-0.3, -0.25) is 4.57 Å². The Hall–Kier alpha value is -7.24. The fourth-order valence-corrected chi connectivity index (χ4v) is 9.25. The van der Waals surface area contributed by atoms with Gasteiger partial charge in [-0.25, -0.2) is 4.98 Å². The lowest BCUT2D eigenvalue weighted by Gasteiger charge is -2.11. The predicted molar refractivity (Wildman–Crippen MR) is 219 cm³/mol. The van der Waals surface area contributed by atoms with Gasteiger partial charge in [0.15, 0.2) is 0 Å². The zero-order valence-electron chi connectivity index (χ0n) is 28.2. The fraction of sp³-hybridized carbons (Fsp3) is 0. The van der Waals surface area contributed by atoms with Crippen LogP contribution in [-0.4, -0.2) is 18.9 Å². The number of hydrogen-bond donors (Lipinski definition) is 0. The van der Waals surface area contributed by atoms with Crippen molar-refractivity contribution in [1.29, 1.82) is 0 Å². The summed E-state index contributed by atoms with van der Waals surface area (Å²) in [7, 11) is 0. The van der Waals surface area contributed by atoms with E-state index in [1.807, 2.05) is 12.1 Å². The molecule has 8 aromatic carbocycles. The molecule has 0 aliphatic carbocycles. The van der Waals surface area contributed by atoms with Crippen LogP contribution in [0.3, 0.4) is 0 Å². The minimum absolute atomic E-state index is 0.572. The Kier molecular flexibility index (Phi) is 5.06. The highest BCUT2D eigenvalue weighted by Crippen LogP contribution is 2.48.